The molecule has 2 rings (SSSR count). The molecule has 0 spiro atoms. The van der Waals surface area contributed by atoms with Crippen molar-refractivity contribution >= 4 is 5.82 Å². The van der Waals surface area contributed by atoms with Gasteiger partial charge in [-0.3, -0.25) is 4.57 Å². The molecule has 0 amide bonds. The van der Waals surface area contributed by atoms with E-state index in [9.17, 15) is 15.0 Å². The van der Waals surface area contributed by atoms with E-state index >= 15 is 0 Å². The molecule has 1 aliphatic heterocycles. The van der Waals surface area contributed by atoms with Crippen LogP contribution in [0.5, 0.6) is 0 Å². The molecule has 1 aliphatic rings. The number of aliphatic hydroxyl groups excluding tert-OH is 2. The van der Waals surface area contributed by atoms with Gasteiger partial charge in [0, 0.05) is 20.3 Å². The molecule has 0 aromatic carbocycles. The summed E-state index contributed by atoms with van der Waals surface area (Å²) in [7, 11) is 3.50. The second-order valence-electron chi connectivity index (χ2n) is 5.25. The highest BCUT2D eigenvalue weighted by Crippen LogP contribution is 2.37. The fraction of sp³-hybridized carbons (Fsp3) is 0.667. The highest BCUT2D eigenvalue weighted by molar-refractivity contribution is 5.33. The van der Waals surface area contributed by atoms with Gasteiger partial charge >= 0.3 is 5.69 Å². The molecule has 0 bridgehead atoms. The van der Waals surface area contributed by atoms with E-state index in [1.54, 1.807) is 25.1 Å². The number of aliphatic hydroxyl groups is 3. The minimum Gasteiger partial charge on any atom is -0.394 e. The van der Waals surface area contributed by atoms with Crippen molar-refractivity contribution in [3.8, 4) is 0 Å². The lowest BCUT2D eigenvalue weighted by atomic mass is 9.96. The van der Waals surface area contributed by atoms with Crippen molar-refractivity contribution in [2.45, 2.75) is 31.0 Å². The van der Waals surface area contributed by atoms with Gasteiger partial charge in [0.1, 0.15) is 23.6 Å². The van der Waals surface area contributed by atoms with Crippen LogP contribution in [0.3, 0.4) is 0 Å². The molecular formula is C12H19N3O5. The number of aromatic nitrogens is 2. The van der Waals surface area contributed by atoms with Crippen LogP contribution in [0, 0.1) is 0 Å². The van der Waals surface area contributed by atoms with E-state index in [1.807, 2.05) is 0 Å². The van der Waals surface area contributed by atoms with Crippen LogP contribution in [-0.2, 0) is 4.74 Å². The topological polar surface area (TPSA) is 108 Å². The summed E-state index contributed by atoms with van der Waals surface area (Å²) in [5.74, 6) is 0.475. The Morgan fingerprint density at radius 1 is 1.55 bits per heavy atom. The van der Waals surface area contributed by atoms with Gasteiger partial charge in [0.15, 0.2) is 6.23 Å². The maximum absolute atomic E-state index is 12.0. The monoisotopic (exact) mass is 285 g/mol. The number of ether oxygens (including phenoxy) is 1. The van der Waals surface area contributed by atoms with Crippen LogP contribution in [-0.4, -0.2) is 63.4 Å². The number of rotatable bonds is 3. The van der Waals surface area contributed by atoms with Crippen molar-refractivity contribution in [2.24, 2.45) is 0 Å². The van der Waals surface area contributed by atoms with Gasteiger partial charge in [-0.15, -0.1) is 0 Å². The molecule has 8 nitrogen and oxygen atoms in total. The summed E-state index contributed by atoms with van der Waals surface area (Å²) in [6.45, 7) is 0.899. The molecule has 20 heavy (non-hydrogen) atoms. The van der Waals surface area contributed by atoms with E-state index in [0.717, 1.165) is 4.57 Å². The number of anilines is 1. The summed E-state index contributed by atoms with van der Waals surface area (Å²) >= 11 is 0. The molecule has 0 aliphatic carbocycles. The molecule has 1 fully saturated rings. The second kappa shape index (κ2) is 5.13. The third-order valence-corrected chi connectivity index (χ3v) is 3.46. The van der Waals surface area contributed by atoms with Gasteiger partial charge in [0.25, 0.3) is 0 Å². The molecule has 2 heterocycles. The van der Waals surface area contributed by atoms with Crippen LogP contribution < -0.4 is 10.6 Å². The fourth-order valence-electron chi connectivity index (χ4n) is 2.22. The van der Waals surface area contributed by atoms with Gasteiger partial charge in [0.2, 0.25) is 0 Å². The first-order valence-electron chi connectivity index (χ1n) is 6.22. The van der Waals surface area contributed by atoms with Gasteiger partial charge in [0.05, 0.1) is 6.61 Å². The predicted molar refractivity (Wildman–Crippen MR) is 70.5 cm³/mol. The van der Waals surface area contributed by atoms with E-state index in [1.165, 1.54) is 13.1 Å². The Kier molecular flexibility index (Phi) is 3.83. The maximum Gasteiger partial charge on any atom is 0.351 e. The molecule has 0 unspecified atom stereocenters. The van der Waals surface area contributed by atoms with Crippen molar-refractivity contribution in [2.75, 3.05) is 25.6 Å². The third-order valence-electron chi connectivity index (χ3n) is 3.46. The summed E-state index contributed by atoms with van der Waals surface area (Å²) < 4.78 is 6.47. The lowest BCUT2D eigenvalue weighted by Crippen LogP contribution is -2.46. The molecule has 8 heteroatoms. The van der Waals surface area contributed by atoms with Crippen LogP contribution in [0.4, 0.5) is 5.82 Å². The van der Waals surface area contributed by atoms with Crippen LogP contribution >= 0.6 is 0 Å². The number of hydrogen-bond donors (Lipinski definition) is 3. The molecule has 1 aromatic heterocycles. The van der Waals surface area contributed by atoms with E-state index in [2.05, 4.69) is 4.98 Å². The summed E-state index contributed by atoms with van der Waals surface area (Å²) in [6, 6.07) is 1.60. The summed E-state index contributed by atoms with van der Waals surface area (Å²) in [5.41, 5.74) is -2.30. The average Bonchev–Trinajstić information content (AvgIpc) is 2.61. The average molecular weight is 285 g/mol. The van der Waals surface area contributed by atoms with Crippen molar-refractivity contribution in [1.82, 2.24) is 9.55 Å². The molecule has 3 N–H and O–H groups in total. The fourth-order valence-corrected chi connectivity index (χ4v) is 2.22. The van der Waals surface area contributed by atoms with Crippen LogP contribution in [0.2, 0.25) is 0 Å². The predicted octanol–water partition coefficient (Wildman–Crippen LogP) is -1.69. The van der Waals surface area contributed by atoms with Crippen LogP contribution in [0.25, 0.3) is 0 Å². The van der Waals surface area contributed by atoms with Gasteiger partial charge in [-0.05, 0) is 13.0 Å². The zero-order valence-corrected chi connectivity index (χ0v) is 11.6. The molecule has 112 valence electrons. The lowest BCUT2D eigenvalue weighted by Gasteiger charge is -2.27. The van der Waals surface area contributed by atoms with Crippen molar-refractivity contribution < 1.29 is 20.1 Å². The first-order valence-corrected chi connectivity index (χ1v) is 6.22. The lowest BCUT2D eigenvalue weighted by molar-refractivity contribution is -0.0986. The van der Waals surface area contributed by atoms with Crippen LogP contribution in [0.1, 0.15) is 13.2 Å². The minimum atomic E-state index is -1.70. The summed E-state index contributed by atoms with van der Waals surface area (Å²) in [5, 5.41) is 29.3. The zero-order valence-electron chi connectivity index (χ0n) is 11.6. The maximum atomic E-state index is 12.0. The van der Waals surface area contributed by atoms with Gasteiger partial charge in [-0.1, -0.05) is 0 Å². The molecule has 1 aromatic rings. The molecule has 4 atom stereocenters. The Morgan fingerprint density at radius 2 is 2.20 bits per heavy atom. The van der Waals surface area contributed by atoms with Gasteiger partial charge < -0.3 is 25.0 Å². The Morgan fingerprint density at radius 3 is 2.65 bits per heavy atom. The van der Waals surface area contributed by atoms with E-state index < -0.39 is 36.3 Å². The summed E-state index contributed by atoms with van der Waals surface area (Å²) in [4.78, 5) is 17.5. The third kappa shape index (κ3) is 2.31. The highest BCUT2D eigenvalue weighted by atomic mass is 16.6. The molecule has 1 saturated heterocycles. The first kappa shape index (κ1) is 14.9. The molecule has 0 radical (unpaired) electrons. The van der Waals surface area contributed by atoms with E-state index in [0.29, 0.717) is 5.82 Å². The highest BCUT2D eigenvalue weighted by Gasteiger charge is 2.53. The van der Waals surface area contributed by atoms with Crippen LogP contribution in [0.15, 0.2) is 17.1 Å². The van der Waals surface area contributed by atoms with E-state index in [-0.39, 0.29) is 0 Å². The minimum absolute atomic E-state index is 0.453. The second-order valence-corrected chi connectivity index (χ2v) is 5.25. The summed E-state index contributed by atoms with van der Waals surface area (Å²) in [6.07, 6.45) is -1.91. The first-order chi connectivity index (χ1) is 9.28. The Balaban J connectivity index is 2.39. The van der Waals surface area contributed by atoms with Crippen molar-refractivity contribution in [1.29, 1.82) is 0 Å². The van der Waals surface area contributed by atoms with Gasteiger partial charge in [-0.25, -0.2) is 4.79 Å². The van der Waals surface area contributed by atoms with E-state index in [4.69, 9.17) is 9.84 Å². The normalized spacial score (nSPS) is 33.4. The Labute approximate surface area is 115 Å². The van der Waals surface area contributed by atoms with Gasteiger partial charge in [-0.2, -0.15) is 4.98 Å². The number of hydrogen-bond acceptors (Lipinski definition) is 7. The molecular weight excluding hydrogens is 266 g/mol. The zero-order chi connectivity index (χ0) is 15.1. The quantitative estimate of drug-likeness (QED) is 0.608. The largest absolute Gasteiger partial charge is 0.394 e. The number of nitrogens with zero attached hydrogens (tertiary/aromatic N) is 3. The van der Waals surface area contributed by atoms with Crippen molar-refractivity contribution in [3.05, 3.63) is 22.7 Å². The SMILES string of the molecule is CN(C)c1ccn([C@@H]2O[C@H](CO)[C@@H](O)[C@@]2(C)O)c(=O)n1. The standard InChI is InChI=1S/C12H19N3O5/c1-12(19)9(17)7(6-16)20-10(12)15-5-4-8(14(2)3)13-11(15)18/h4-5,7,9-10,16-17,19H,6H2,1-3H3/t7-,9-,10-,12-/m1/s1. The van der Waals surface area contributed by atoms with Crippen molar-refractivity contribution in [3.63, 3.8) is 0 Å². The smallest absolute Gasteiger partial charge is 0.351 e. The Bertz CT molecular complexity index is 542. The molecule has 0 saturated carbocycles. The Hall–Kier alpha value is -1.48.